The Morgan fingerprint density at radius 3 is 1.48 bits per heavy atom. The normalized spacial score (nSPS) is 8.56. The number of rotatable bonds is 2. The minimum atomic E-state index is 0. The Balaban J connectivity index is 0. The number of benzene rings is 1. The molecule has 0 N–H and O–H groups in total. The first-order valence-corrected chi connectivity index (χ1v) is 12.0. The summed E-state index contributed by atoms with van der Waals surface area (Å²) >= 11 is 2.28. The molecule has 0 saturated heterocycles. The Labute approximate surface area is 178 Å². The molecule has 0 atom stereocenters. The van der Waals surface area contributed by atoms with Crippen molar-refractivity contribution in [2.75, 3.05) is 0 Å². The number of halogens is 2. The van der Waals surface area contributed by atoms with Gasteiger partial charge in [-0.05, 0) is 0 Å². The van der Waals surface area contributed by atoms with E-state index in [1.165, 1.54) is 33.9 Å². The molecule has 0 saturated carbocycles. The summed E-state index contributed by atoms with van der Waals surface area (Å²) < 4.78 is 0. The predicted octanol–water partition coefficient (Wildman–Crippen LogP) is -0.862. The predicted molar refractivity (Wildman–Crippen MR) is 100 cm³/mol. The number of hydrogen-bond acceptors (Lipinski definition) is 0. The molecular formula is C21H26Cl2SiTi-2. The molecule has 0 radical (unpaired) electrons. The monoisotopic (exact) mass is 424 g/mol. The van der Waals surface area contributed by atoms with Gasteiger partial charge in [-0.3, -0.25) is 0 Å². The van der Waals surface area contributed by atoms with Crippen molar-refractivity contribution in [3.05, 3.63) is 94.5 Å². The van der Waals surface area contributed by atoms with E-state index in [0.717, 1.165) is 0 Å². The van der Waals surface area contributed by atoms with Gasteiger partial charge in [0.05, 0.1) is 0 Å². The van der Waals surface area contributed by atoms with Crippen molar-refractivity contribution in [3.63, 3.8) is 0 Å². The second-order valence-corrected chi connectivity index (χ2v) is 8.55. The molecule has 0 unspecified atom stereocenters. The Morgan fingerprint density at radius 2 is 1.24 bits per heavy atom. The molecule has 0 fully saturated rings. The zero-order chi connectivity index (χ0) is 17.1. The Morgan fingerprint density at radius 1 is 0.800 bits per heavy atom. The van der Waals surface area contributed by atoms with E-state index in [9.17, 15) is 0 Å². The first-order valence-electron chi connectivity index (χ1n) is 7.94. The Kier molecular flexibility index (Phi) is 16.7. The Bertz CT molecular complexity index is 616. The van der Waals surface area contributed by atoms with Crippen LogP contribution in [-0.2, 0) is 25.2 Å². The first-order chi connectivity index (χ1) is 11.0. The van der Waals surface area contributed by atoms with Crippen LogP contribution in [-0.4, -0.2) is 6.91 Å². The maximum atomic E-state index is 2.28. The van der Waals surface area contributed by atoms with Crippen LogP contribution >= 0.6 is 0 Å². The molecule has 0 aliphatic rings. The minimum absolute atomic E-state index is 0. The average molecular weight is 425 g/mol. The molecule has 0 bridgehead atoms. The SMILES string of the molecule is Cc1c[cH-]c(C)c1.Cc1c[cH-]c(C)c1.[Cl-].[Cl-].[Ti+2]=[SiH]Cc1ccccc1. The molecular weight excluding hydrogens is 399 g/mol. The molecule has 134 valence electrons. The van der Waals surface area contributed by atoms with Gasteiger partial charge in [0.1, 0.15) is 0 Å². The van der Waals surface area contributed by atoms with Crippen molar-refractivity contribution in [2.45, 2.75) is 33.7 Å². The van der Waals surface area contributed by atoms with Gasteiger partial charge in [-0.25, -0.2) is 23.3 Å². The fourth-order valence-corrected chi connectivity index (χ4v) is 3.78. The van der Waals surface area contributed by atoms with Gasteiger partial charge in [-0.2, -0.15) is 35.4 Å². The molecule has 3 aromatic carbocycles. The van der Waals surface area contributed by atoms with Crippen LogP contribution < -0.4 is 24.8 Å². The van der Waals surface area contributed by atoms with E-state index in [1.807, 2.05) is 0 Å². The molecule has 0 amide bonds. The fourth-order valence-electron chi connectivity index (χ4n) is 2.17. The molecule has 3 rings (SSSR count). The number of aryl methyl sites for hydroxylation is 4. The zero-order valence-electron chi connectivity index (χ0n) is 15.4. The van der Waals surface area contributed by atoms with Crippen LogP contribution in [0.25, 0.3) is 0 Å². The van der Waals surface area contributed by atoms with Crippen LogP contribution in [0, 0.1) is 27.7 Å². The quantitative estimate of drug-likeness (QED) is 0.371. The van der Waals surface area contributed by atoms with E-state index in [4.69, 9.17) is 0 Å². The summed E-state index contributed by atoms with van der Waals surface area (Å²) in [5.74, 6) is 0. The van der Waals surface area contributed by atoms with E-state index >= 15 is 0 Å². The summed E-state index contributed by atoms with van der Waals surface area (Å²) in [5, 5.41) is 0. The molecule has 0 nitrogen and oxygen atoms in total. The summed E-state index contributed by atoms with van der Waals surface area (Å²) in [6.07, 6.45) is 0. The van der Waals surface area contributed by atoms with Gasteiger partial charge in [0, 0.05) is 0 Å². The summed E-state index contributed by atoms with van der Waals surface area (Å²) in [7, 11) is 0. The van der Waals surface area contributed by atoms with Gasteiger partial charge in [0.15, 0.2) is 0 Å². The second kappa shape index (κ2) is 15.7. The van der Waals surface area contributed by atoms with Gasteiger partial charge >= 0.3 is 68.0 Å². The van der Waals surface area contributed by atoms with Crippen molar-refractivity contribution in [1.82, 2.24) is 0 Å². The summed E-state index contributed by atoms with van der Waals surface area (Å²) in [5.41, 5.74) is 6.92. The van der Waals surface area contributed by atoms with Crippen molar-refractivity contribution >= 4 is 6.91 Å². The van der Waals surface area contributed by atoms with E-state index in [2.05, 4.69) is 114 Å². The fraction of sp³-hybridized carbons (Fsp3) is 0.238. The van der Waals surface area contributed by atoms with Gasteiger partial charge in [-0.1, -0.05) is 27.7 Å². The third-order valence-corrected chi connectivity index (χ3v) is 4.94. The van der Waals surface area contributed by atoms with Gasteiger partial charge in [0.25, 0.3) is 0 Å². The Hall–Kier alpha value is -0.569. The maximum absolute atomic E-state index is 2.28. The van der Waals surface area contributed by atoms with Crippen LogP contribution in [0.2, 0.25) is 0 Å². The summed E-state index contributed by atoms with van der Waals surface area (Å²) in [4.78, 5) is 0. The topological polar surface area (TPSA) is 0 Å². The molecule has 25 heavy (non-hydrogen) atoms. The van der Waals surface area contributed by atoms with E-state index in [-0.39, 0.29) is 24.8 Å². The van der Waals surface area contributed by atoms with Crippen LogP contribution in [0.15, 0.2) is 66.7 Å². The first kappa shape index (κ1) is 26.7. The summed E-state index contributed by atoms with van der Waals surface area (Å²) in [6.45, 7) is 9.04. The molecule has 3 aromatic rings. The molecule has 0 spiro atoms. The standard InChI is InChI=1S/C7H8Si.2C7H9.2ClH.Ti/c8-6-7-4-2-1-3-5-7;2*1-6-3-4-7(2)5-6;;;/h1-5,8H,6H2;2*3-5H,1-2H3;2*1H;/q;2*-1;;;+2/p-2. The van der Waals surface area contributed by atoms with Crippen LogP contribution in [0.5, 0.6) is 0 Å². The van der Waals surface area contributed by atoms with Crippen molar-refractivity contribution in [1.29, 1.82) is 0 Å². The molecule has 4 heteroatoms. The van der Waals surface area contributed by atoms with Crippen molar-refractivity contribution in [3.8, 4) is 0 Å². The third-order valence-electron chi connectivity index (χ3n) is 3.31. The van der Waals surface area contributed by atoms with Crippen molar-refractivity contribution < 1.29 is 44.0 Å². The zero-order valence-corrected chi connectivity index (χ0v) is 19.6. The van der Waals surface area contributed by atoms with Crippen LogP contribution in [0.4, 0.5) is 0 Å². The van der Waals surface area contributed by atoms with E-state index in [1.54, 1.807) is 0 Å². The van der Waals surface area contributed by atoms with Gasteiger partial charge < -0.3 is 24.8 Å². The van der Waals surface area contributed by atoms with E-state index in [0.29, 0.717) is 6.91 Å². The average Bonchev–Trinajstić information content (AvgIpc) is 3.09. The second-order valence-electron chi connectivity index (χ2n) is 5.83. The van der Waals surface area contributed by atoms with Gasteiger partial charge in [0.2, 0.25) is 0 Å². The van der Waals surface area contributed by atoms with Gasteiger partial charge in [-0.15, -0.1) is 0 Å². The molecule has 0 aromatic heterocycles. The van der Waals surface area contributed by atoms with Crippen LogP contribution in [0.3, 0.4) is 0 Å². The molecule has 0 aliphatic carbocycles. The summed E-state index contributed by atoms with van der Waals surface area (Å²) in [6, 6.07) is 24.8. The number of hydrogen-bond donors (Lipinski definition) is 0. The third kappa shape index (κ3) is 13.3. The molecule has 0 aliphatic heterocycles. The van der Waals surface area contributed by atoms with Crippen LogP contribution in [0.1, 0.15) is 27.8 Å². The molecule has 0 heterocycles. The van der Waals surface area contributed by atoms with Crippen molar-refractivity contribution in [2.24, 2.45) is 0 Å². The van der Waals surface area contributed by atoms with E-state index < -0.39 is 0 Å².